The first-order valence-electron chi connectivity index (χ1n) is 6.46. The third-order valence-corrected chi connectivity index (χ3v) is 3.04. The van der Waals surface area contributed by atoms with Crippen molar-refractivity contribution in [1.82, 2.24) is 14.9 Å². The Bertz CT molecular complexity index is 306. The van der Waals surface area contributed by atoms with Crippen LogP contribution in [0.2, 0.25) is 0 Å². The summed E-state index contributed by atoms with van der Waals surface area (Å²) in [7, 11) is 2.15. The van der Waals surface area contributed by atoms with E-state index in [4.69, 9.17) is 0 Å². The molecule has 1 aromatic rings. The van der Waals surface area contributed by atoms with Crippen LogP contribution in [0.25, 0.3) is 0 Å². The number of nitrogens with zero attached hydrogens (tertiary/aromatic N) is 3. The zero-order valence-corrected chi connectivity index (χ0v) is 11.4. The van der Waals surface area contributed by atoms with E-state index in [0.717, 1.165) is 24.6 Å². The molecule has 96 valence electrons. The number of rotatable bonds is 7. The largest absolute Gasteiger partial charge is 0.369 e. The molecular weight excluding hydrogens is 212 g/mol. The first-order valence-corrected chi connectivity index (χ1v) is 6.46. The Kier molecular flexibility index (Phi) is 5.91. The summed E-state index contributed by atoms with van der Waals surface area (Å²) in [5, 5.41) is 3.15. The smallest absolute Gasteiger partial charge is 0.144 e. The fourth-order valence-electron chi connectivity index (χ4n) is 2.01. The highest BCUT2D eigenvalue weighted by Gasteiger charge is 2.11. The second-order valence-electron chi connectivity index (χ2n) is 4.31. The number of anilines is 1. The molecule has 4 heteroatoms. The first-order chi connectivity index (χ1) is 8.21. The summed E-state index contributed by atoms with van der Waals surface area (Å²) in [6, 6.07) is 0.630. The molecule has 0 fully saturated rings. The Morgan fingerprint density at radius 2 is 1.88 bits per heavy atom. The van der Waals surface area contributed by atoms with Crippen molar-refractivity contribution in [2.75, 3.05) is 18.9 Å². The SMILES string of the molecule is CCNc1cnc(CN(C)C(CC)CC)cn1. The summed E-state index contributed by atoms with van der Waals surface area (Å²) in [4.78, 5) is 11.1. The van der Waals surface area contributed by atoms with Gasteiger partial charge >= 0.3 is 0 Å². The summed E-state index contributed by atoms with van der Waals surface area (Å²) in [6.07, 6.45) is 6.02. The van der Waals surface area contributed by atoms with Gasteiger partial charge in [-0.2, -0.15) is 0 Å². The van der Waals surface area contributed by atoms with Crippen molar-refractivity contribution in [2.45, 2.75) is 46.2 Å². The third-order valence-electron chi connectivity index (χ3n) is 3.04. The van der Waals surface area contributed by atoms with E-state index >= 15 is 0 Å². The van der Waals surface area contributed by atoms with Crippen LogP contribution in [0.15, 0.2) is 12.4 Å². The van der Waals surface area contributed by atoms with E-state index in [0.29, 0.717) is 6.04 Å². The van der Waals surface area contributed by atoms with Gasteiger partial charge in [0.25, 0.3) is 0 Å². The Morgan fingerprint density at radius 1 is 1.18 bits per heavy atom. The van der Waals surface area contributed by atoms with Gasteiger partial charge in [0.05, 0.1) is 18.1 Å². The maximum absolute atomic E-state index is 4.42. The van der Waals surface area contributed by atoms with Crippen LogP contribution in [0.1, 0.15) is 39.3 Å². The Balaban J connectivity index is 2.56. The fourth-order valence-corrected chi connectivity index (χ4v) is 2.01. The van der Waals surface area contributed by atoms with Crippen LogP contribution in [0.5, 0.6) is 0 Å². The van der Waals surface area contributed by atoms with Crippen molar-refractivity contribution in [1.29, 1.82) is 0 Å². The molecule has 0 radical (unpaired) electrons. The first kappa shape index (κ1) is 13.9. The monoisotopic (exact) mass is 236 g/mol. The average Bonchev–Trinajstić information content (AvgIpc) is 2.33. The van der Waals surface area contributed by atoms with Gasteiger partial charge in [-0.1, -0.05) is 13.8 Å². The lowest BCUT2D eigenvalue weighted by Crippen LogP contribution is -2.30. The quantitative estimate of drug-likeness (QED) is 0.790. The van der Waals surface area contributed by atoms with Crippen LogP contribution in [0.4, 0.5) is 5.82 Å². The molecule has 0 amide bonds. The molecule has 1 rings (SSSR count). The van der Waals surface area contributed by atoms with E-state index in [9.17, 15) is 0 Å². The maximum Gasteiger partial charge on any atom is 0.144 e. The predicted octanol–water partition coefficient (Wildman–Crippen LogP) is 2.53. The van der Waals surface area contributed by atoms with Crippen LogP contribution < -0.4 is 5.32 Å². The molecule has 1 aromatic heterocycles. The molecule has 0 bridgehead atoms. The highest BCUT2D eigenvalue weighted by atomic mass is 15.1. The van der Waals surface area contributed by atoms with Gasteiger partial charge < -0.3 is 5.32 Å². The van der Waals surface area contributed by atoms with Crippen molar-refractivity contribution in [2.24, 2.45) is 0 Å². The maximum atomic E-state index is 4.42. The van der Waals surface area contributed by atoms with Gasteiger partial charge in [0.15, 0.2) is 0 Å². The summed E-state index contributed by atoms with van der Waals surface area (Å²) in [5.41, 5.74) is 1.03. The van der Waals surface area contributed by atoms with Crippen LogP contribution in [-0.4, -0.2) is 34.5 Å². The van der Waals surface area contributed by atoms with Crippen molar-refractivity contribution >= 4 is 5.82 Å². The molecule has 0 saturated carbocycles. The Labute approximate surface area is 104 Å². The zero-order valence-electron chi connectivity index (χ0n) is 11.4. The molecule has 0 atom stereocenters. The van der Waals surface area contributed by atoms with Gasteiger partial charge in [0, 0.05) is 19.1 Å². The molecule has 1 N–H and O–H groups in total. The fraction of sp³-hybridized carbons (Fsp3) is 0.692. The molecule has 0 aliphatic rings. The summed E-state index contributed by atoms with van der Waals surface area (Å²) >= 11 is 0. The van der Waals surface area contributed by atoms with E-state index in [1.54, 1.807) is 6.20 Å². The van der Waals surface area contributed by atoms with Crippen molar-refractivity contribution in [3.05, 3.63) is 18.1 Å². The molecule has 0 aromatic carbocycles. The summed E-state index contributed by atoms with van der Waals surface area (Å²) < 4.78 is 0. The van der Waals surface area contributed by atoms with Crippen LogP contribution in [0.3, 0.4) is 0 Å². The zero-order chi connectivity index (χ0) is 12.7. The summed E-state index contributed by atoms with van der Waals surface area (Å²) in [6.45, 7) is 8.25. The van der Waals surface area contributed by atoms with Gasteiger partial charge in [-0.3, -0.25) is 9.88 Å². The molecule has 0 spiro atoms. The second-order valence-corrected chi connectivity index (χ2v) is 4.31. The topological polar surface area (TPSA) is 41.1 Å². The highest BCUT2D eigenvalue weighted by Crippen LogP contribution is 2.10. The molecular formula is C13H24N4. The van der Waals surface area contributed by atoms with E-state index in [1.165, 1.54) is 12.8 Å². The van der Waals surface area contributed by atoms with E-state index in [2.05, 4.69) is 48.0 Å². The van der Waals surface area contributed by atoms with Gasteiger partial charge in [0.1, 0.15) is 5.82 Å². The van der Waals surface area contributed by atoms with E-state index in [-0.39, 0.29) is 0 Å². The van der Waals surface area contributed by atoms with Crippen LogP contribution in [-0.2, 0) is 6.54 Å². The van der Waals surface area contributed by atoms with Gasteiger partial charge in [0.2, 0.25) is 0 Å². The minimum Gasteiger partial charge on any atom is -0.369 e. The number of hydrogen-bond donors (Lipinski definition) is 1. The lowest BCUT2D eigenvalue weighted by Gasteiger charge is -2.25. The summed E-state index contributed by atoms with van der Waals surface area (Å²) in [5.74, 6) is 0.849. The lowest BCUT2D eigenvalue weighted by atomic mass is 10.1. The standard InChI is InChI=1S/C13H24N4/c1-5-12(6-2)17(4)10-11-8-16-13(9-15-11)14-7-3/h8-9,12H,5-7,10H2,1-4H3,(H,14,16). The van der Waals surface area contributed by atoms with E-state index in [1.807, 2.05) is 6.20 Å². The number of nitrogens with one attached hydrogen (secondary N) is 1. The van der Waals surface area contributed by atoms with Crippen LogP contribution in [0, 0.1) is 0 Å². The predicted molar refractivity (Wildman–Crippen MR) is 72.0 cm³/mol. The van der Waals surface area contributed by atoms with Gasteiger partial charge in [-0.25, -0.2) is 4.98 Å². The normalized spacial score (nSPS) is 11.2. The minimum absolute atomic E-state index is 0.630. The van der Waals surface area contributed by atoms with Crippen LogP contribution >= 0.6 is 0 Å². The average molecular weight is 236 g/mol. The number of hydrogen-bond acceptors (Lipinski definition) is 4. The highest BCUT2D eigenvalue weighted by molar-refractivity contribution is 5.30. The Hall–Kier alpha value is -1.16. The van der Waals surface area contributed by atoms with Gasteiger partial charge in [-0.05, 0) is 26.8 Å². The molecule has 0 aliphatic carbocycles. The lowest BCUT2D eigenvalue weighted by molar-refractivity contribution is 0.219. The minimum atomic E-state index is 0.630. The third kappa shape index (κ3) is 4.30. The van der Waals surface area contributed by atoms with Crippen molar-refractivity contribution in [3.8, 4) is 0 Å². The van der Waals surface area contributed by atoms with Crippen molar-refractivity contribution < 1.29 is 0 Å². The molecule has 0 unspecified atom stereocenters. The van der Waals surface area contributed by atoms with Crippen molar-refractivity contribution in [3.63, 3.8) is 0 Å². The molecule has 4 nitrogen and oxygen atoms in total. The Morgan fingerprint density at radius 3 is 2.35 bits per heavy atom. The van der Waals surface area contributed by atoms with Gasteiger partial charge in [-0.15, -0.1) is 0 Å². The van der Waals surface area contributed by atoms with E-state index < -0.39 is 0 Å². The molecule has 0 saturated heterocycles. The second kappa shape index (κ2) is 7.22. The molecule has 1 heterocycles. The number of aromatic nitrogens is 2. The molecule has 17 heavy (non-hydrogen) atoms. The molecule has 0 aliphatic heterocycles.